The van der Waals surface area contributed by atoms with Gasteiger partial charge in [-0.25, -0.2) is 0 Å². The highest BCUT2D eigenvalue weighted by Crippen LogP contribution is 2.39. The van der Waals surface area contributed by atoms with E-state index in [9.17, 15) is 0 Å². The molecule has 0 aliphatic carbocycles. The van der Waals surface area contributed by atoms with E-state index in [-0.39, 0.29) is 12.1 Å². The summed E-state index contributed by atoms with van der Waals surface area (Å²) in [7, 11) is 1.70. The summed E-state index contributed by atoms with van der Waals surface area (Å²) in [5.74, 6) is 2.16. The normalized spacial score (nSPS) is 17.4. The maximum atomic E-state index is 6.17. The van der Waals surface area contributed by atoms with Gasteiger partial charge >= 0.3 is 0 Å². The van der Waals surface area contributed by atoms with Crippen molar-refractivity contribution >= 4 is 5.69 Å². The average Bonchev–Trinajstić information content (AvgIpc) is 2.84. The van der Waals surface area contributed by atoms with Crippen LogP contribution in [-0.4, -0.2) is 57.5 Å². The van der Waals surface area contributed by atoms with E-state index in [0.717, 1.165) is 36.8 Å². The quantitative estimate of drug-likeness (QED) is 0.426. The lowest BCUT2D eigenvalue weighted by atomic mass is 10.0. The number of benzene rings is 2. The van der Waals surface area contributed by atoms with Crippen molar-refractivity contribution in [3.05, 3.63) is 66.7 Å². The first-order valence-electron chi connectivity index (χ1n) is 11.7. The Morgan fingerprint density at radius 3 is 2.50 bits per heavy atom. The molecule has 0 saturated carbocycles. The zero-order valence-electron chi connectivity index (χ0n) is 20.0. The number of para-hydroxylation sites is 2. The summed E-state index contributed by atoms with van der Waals surface area (Å²) >= 11 is 0. The van der Waals surface area contributed by atoms with Crippen molar-refractivity contribution in [3.8, 4) is 11.5 Å². The Kier molecular flexibility index (Phi) is 9.00. The fourth-order valence-electron chi connectivity index (χ4n) is 4.27. The Labute approximate surface area is 193 Å². The lowest BCUT2D eigenvalue weighted by Crippen LogP contribution is -2.49. The van der Waals surface area contributed by atoms with Gasteiger partial charge in [-0.1, -0.05) is 51.1 Å². The van der Waals surface area contributed by atoms with Gasteiger partial charge in [0.25, 0.3) is 0 Å². The predicted molar refractivity (Wildman–Crippen MR) is 132 cm³/mol. The van der Waals surface area contributed by atoms with Crippen molar-refractivity contribution in [1.29, 1.82) is 0 Å². The lowest BCUT2D eigenvalue weighted by molar-refractivity contribution is 0.0544. The van der Waals surface area contributed by atoms with Crippen LogP contribution in [-0.2, 0) is 4.74 Å². The van der Waals surface area contributed by atoms with Crippen molar-refractivity contribution < 1.29 is 14.2 Å². The number of rotatable bonds is 12. The minimum Gasteiger partial charge on any atom is -0.497 e. The van der Waals surface area contributed by atoms with Crippen LogP contribution in [0.3, 0.4) is 0 Å². The third-order valence-electron chi connectivity index (χ3n) is 6.28. The van der Waals surface area contributed by atoms with Gasteiger partial charge in [0.1, 0.15) is 18.1 Å². The second-order valence-corrected chi connectivity index (χ2v) is 8.35. The van der Waals surface area contributed by atoms with Crippen molar-refractivity contribution in [2.24, 2.45) is 5.92 Å². The third-order valence-corrected chi connectivity index (χ3v) is 6.28. The number of anilines is 1. The van der Waals surface area contributed by atoms with Crippen LogP contribution in [0.25, 0.3) is 0 Å². The minimum absolute atomic E-state index is 0.126. The van der Waals surface area contributed by atoms with E-state index in [4.69, 9.17) is 14.2 Å². The number of likely N-dealkylation sites (N-methyl/N-ethyl adjacent to an activating group) is 1. The summed E-state index contributed by atoms with van der Waals surface area (Å²) in [5.41, 5.74) is 2.36. The molecule has 1 heterocycles. The molecule has 0 saturated heterocycles. The van der Waals surface area contributed by atoms with E-state index in [2.05, 4.69) is 67.5 Å². The van der Waals surface area contributed by atoms with E-state index < -0.39 is 0 Å². The molecule has 3 rings (SSSR count). The fourth-order valence-corrected chi connectivity index (χ4v) is 4.27. The first kappa shape index (κ1) is 24.1. The number of nitrogens with zero attached hydrogens (tertiary/aromatic N) is 2. The van der Waals surface area contributed by atoms with Gasteiger partial charge < -0.3 is 19.1 Å². The molecule has 1 aliphatic rings. The van der Waals surface area contributed by atoms with Gasteiger partial charge in [-0.3, -0.25) is 4.90 Å². The number of methoxy groups -OCH3 is 1. The van der Waals surface area contributed by atoms with E-state index in [0.29, 0.717) is 25.7 Å². The molecule has 0 spiro atoms. The number of hydrogen-bond acceptors (Lipinski definition) is 5. The Balaban J connectivity index is 1.88. The van der Waals surface area contributed by atoms with Gasteiger partial charge in [-0.05, 0) is 48.8 Å². The van der Waals surface area contributed by atoms with Crippen molar-refractivity contribution in [2.45, 2.75) is 32.9 Å². The van der Waals surface area contributed by atoms with Crippen molar-refractivity contribution in [2.75, 3.05) is 51.5 Å². The fraction of sp³-hybridized carbons (Fsp3) is 0.481. The standard InChI is InChI=1S/C27H38N2O3/c1-6-21(4)18-31-19-23(28(7-2)8-3)17-29-25-11-9-10-12-27(25)32-20-26(29)22-13-15-24(30-5)16-14-22/h6,9-16,21,23,26H,1,7-8,17-20H2,2-5H3. The molecule has 2 aromatic carbocycles. The molecular formula is C27H38N2O3. The van der Waals surface area contributed by atoms with E-state index in [1.54, 1.807) is 7.11 Å². The highest BCUT2D eigenvalue weighted by molar-refractivity contribution is 5.61. The molecule has 3 atom stereocenters. The highest BCUT2D eigenvalue weighted by atomic mass is 16.5. The molecule has 32 heavy (non-hydrogen) atoms. The third kappa shape index (κ3) is 5.84. The molecule has 0 N–H and O–H groups in total. The molecule has 5 heteroatoms. The summed E-state index contributed by atoms with van der Waals surface area (Å²) in [6.07, 6.45) is 1.95. The highest BCUT2D eigenvalue weighted by Gasteiger charge is 2.32. The summed E-state index contributed by atoms with van der Waals surface area (Å²) < 4.78 is 17.7. The van der Waals surface area contributed by atoms with Crippen LogP contribution in [0.2, 0.25) is 0 Å². The molecule has 174 valence electrons. The lowest BCUT2D eigenvalue weighted by Gasteiger charge is -2.42. The summed E-state index contributed by atoms with van der Waals surface area (Å²) in [4.78, 5) is 4.98. The van der Waals surface area contributed by atoms with Gasteiger partial charge in [-0.15, -0.1) is 6.58 Å². The van der Waals surface area contributed by atoms with E-state index in [1.807, 2.05) is 24.3 Å². The predicted octanol–water partition coefficient (Wildman–Crippen LogP) is 5.18. The first-order chi connectivity index (χ1) is 15.6. The van der Waals surface area contributed by atoms with Crippen LogP contribution < -0.4 is 14.4 Å². The zero-order valence-corrected chi connectivity index (χ0v) is 20.0. The molecule has 0 amide bonds. The zero-order chi connectivity index (χ0) is 22.9. The Morgan fingerprint density at radius 1 is 1.12 bits per heavy atom. The molecule has 0 aromatic heterocycles. The molecule has 0 bridgehead atoms. The van der Waals surface area contributed by atoms with Gasteiger partial charge in [0.15, 0.2) is 0 Å². The molecule has 2 aromatic rings. The maximum Gasteiger partial charge on any atom is 0.142 e. The minimum atomic E-state index is 0.126. The van der Waals surface area contributed by atoms with Gasteiger partial charge in [0.05, 0.1) is 38.1 Å². The Bertz CT molecular complexity index is 835. The van der Waals surface area contributed by atoms with Gasteiger partial charge in [0, 0.05) is 6.54 Å². The van der Waals surface area contributed by atoms with Gasteiger partial charge in [-0.2, -0.15) is 0 Å². The van der Waals surface area contributed by atoms with Crippen molar-refractivity contribution in [1.82, 2.24) is 4.90 Å². The van der Waals surface area contributed by atoms with Crippen molar-refractivity contribution in [3.63, 3.8) is 0 Å². The van der Waals surface area contributed by atoms with Crippen LogP contribution >= 0.6 is 0 Å². The molecule has 3 unspecified atom stereocenters. The first-order valence-corrected chi connectivity index (χ1v) is 11.7. The smallest absolute Gasteiger partial charge is 0.142 e. The number of ether oxygens (including phenoxy) is 3. The number of fused-ring (bicyclic) bond motifs is 1. The Morgan fingerprint density at radius 2 is 1.84 bits per heavy atom. The molecule has 5 nitrogen and oxygen atoms in total. The van der Waals surface area contributed by atoms with Crippen LogP contribution in [0, 0.1) is 5.92 Å². The van der Waals surface area contributed by atoms with Crippen LogP contribution in [0.15, 0.2) is 61.2 Å². The topological polar surface area (TPSA) is 34.2 Å². The van der Waals surface area contributed by atoms with Crippen LogP contribution in [0.1, 0.15) is 32.4 Å². The van der Waals surface area contributed by atoms with Gasteiger partial charge in [0.2, 0.25) is 0 Å². The van der Waals surface area contributed by atoms with E-state index in [1.165, 1.54) is 5.56 Å². The average molecular weight is 439 g/mol. The second-order valence-electron chi connectivity index (χ2n) is 8.35. The van der Waals surface area contributed by atoms with Crippen LogP contribution in [0.5, 0.6) is 11.5 Å². The molecular weight excluding hydrogens is 400 g/mol. The second kappa shape index (κ2) is 11.9. The monoisotopic (exact) mass is 438 g/mol. The molecule has 1 aliphatic heterocycles. The Hall–Kier alpha value is -2.50. The summed E-state index contributed by atoms with van der Waals surface area (Å²) in [6.45, 7) is 15.3. The van der Waals surface area contributed by atoms with Crippen LogP contribution in [0.4, 0.5) is 5.69 Å². The number of hydrogen-bond donors (Lipinski definition) is 0. The SMILES string of the molecule is C=CC(C)COCC(CN1c2ccccc2OCC1c1ccc(OC)cc1)N(CC)CC. The van der Waals surface area contributed by atoms with E-state index >= 15 is 0 Å². The summed E-state index contributed by atoms with van der Waals surface area (Å²) in [6, 6.07) is 17.1. The largest absolute Gasteiger partial charge is 0.497 e. The maximum absolute atomic E-state index is 6.17. The summed E-state index contributed by atoms with van der Waals surface area (Å²) in [5, 5.41) is 0. The molecule has 0 fully saturated rings. The molecule has 0 radical (unpaired) electrons.